The minimum absolute atomic E-state index is 0.0711. The van der Waals surface area contributed by atoms with Gasteiger partial charge in [-0.1, -0.05) is 38.5 Å². The van der Waals surface area contributed by atoms with Crippen molar-refractivity contribution in [2.24, 2.45) is 11.8 Å². The zero-order chi connectivity index (χ0) is 30.8. The summed E-state index contributed by atoms with van der Waals surface area (Å²) in [5.41, 5.74) is 6.20. The molecule has 250 valence electrons. The van der Waals surface area contributed by atoms with Crippen molar-refractivity contribution in [1.29, 1.82) is 0 Å². The lowest BCUT2D eigenvalue weighted by Crippen LogP contribution is -2.63. The molecule has 4 aliphatic rings. The molecule has 0 bridgehead atoms. The van der Waals surface area contributed by atoms with Crippen LogP contribution in [0, 0.1) is 11.8 Å². The minimum Gasteiger partial charge on any atom is -0.383 e. The predicted octanol–water partition coefficient (Wildman–Crippen LogP) is 4.18. The summed E-state index contributed by atoms with van der Waals surface area (Å²) >= 11 is 0. The maximum absolute atomic E-state index is 11.6. The highest BCUT2D eigenvalue weighted by molar-refractivity contribution is 7.51. The molecule has 1 aromatic heterocycles. The number of nitrogens with zero attached hydrogens (tertiary/aromatic N) is 4. The summed E-state index contributed by atoms with van der Waals surface area (Å²) in [5.74, 6) is 3.33. The molecule has 7 N–H and O–H groups in total. The second-order valence-electron chi connectivity index (χ2n) is 14.2. The topological polar surface area (TPSA) is 152 Å². The van der Waals surface area contributed by atoms with Gasteiger partial charge < -0.3 is 36.4 Å². The van der Waals surface area contributed by atoms with Crippen molar-refractivity contribution in [3.63, 3.8) is 0 Å². The number of piperazine rings is 1. The number of nitrogen functional groups attached to an aromatic ring is 1. The summed E-state index contributed by atoms with van der Waals surface area (Å²) in [6.07, 6.45) is 18.7. The Hall–Kier alpha value is -1.49. The molecule has 1 saturated heterocycles. The predicted molar refractivity (Wildman–Crippen MR) is 179 cm³/mol. The molecule has 0 unspecified atom stereocenters. The zero-order valence-electron chi connectivity index (χ0n) is 26.9. The molecule has 1 aromatic rings. The fourth-order valence-corrected chi connectivity index (χ4v) is 8.70. The lowest BCUT2D eigenvalue weighted by molar-refractivity contribution is 0.0432. The van der Waals surface area contributed by atoms with Gasteiger partial charge in [-0.25, -0.2) is 0 Å². The summed E-state index contributed by atoms with van der Waals surface area (Å²) in [7, 11) is -4.03. The molecule has 12 heteroatoms. The average molecular weight is 635 g/mol. The lowest BCUT2D eigenvalue weighted by Gasteiger charge is -2.53. The van der Waals surface area contributed by atoms with Gasteiger partial charge in [-0.15, -0.1) is 0 Å². The van der Waals surface area contributed by atoms with Crippen molar-refractivity contribution in [3.8, 4) is 0 Å². The Labute approximate surface area is 265 Å². The molecule has 1 aliphatic heterocycles. The van der Waals surface area contributed by atoms with Crippen LogP contribution in [0.2, 0.25) is 0 Å². The van der Waals surface area contributed by atoms with Gasteiger partial charge in [-0.05, 0) is 89.3 Å². The number of nitrogens with one attached hydrogen (secondary N) is 3. The van der Waals surface area contributed by atoms with Gasteiger partial charge in [-0.3, -0.25) is 9.46 Å². The second kappa shape index (κ2) is 16.4. The molecule has 2 heterocycles. The molecule has 44 heavy (non-hydrogen) atoms. The first-order valence-electron chi connectivity index (χ1n) is 17.7. The van der Waals surface area contributed by atoms with Gasteiger partial charge in [0.1, 0.15) is 11.6 Å². The molecule has 0 amide bonds. The standard InChI is InChI=1S/C32H59N8O3P/c33-29-22-30(39-18-19-40(20-21-44(41,42)43)32(25-39)14-5-2-6-15-32)38-31(37-29)36-24-27-12-10-26(11-13-27)23-34-16-7-17-35-28-8-3-1-4-9-28/h22,26-28,34-35H,1-21,23-25H2,(H2,41,42,43)(H3,33,36,37,38)/t26-,27-. The molecule has 4 fully saturated rings. The molecular weight excluding hydrogens is 575 g/mol. The number of rotatable bonds is 14. The lowest BCUT2D eigenvalue weighted by atomic mass is 9.78. The van der Waals surface area contributed by atoms with E-state index in [9.17, 15) is 14.4 Å². The Morgan fingerprint density at radius 2 is 1.61 bits per heavy atom. The van der Waals surface area contributed by atoms with Crippen molar-refractivity contribution in [1.82, 2.24) is 25.5 Å². The largest absolute Gasteiger partial charge is 0.383 e. The number of anilines is 3. The van der Waals surface area contributed by atoms with Crippen LogP contribution >= 0.6 is 7.60 Å². The molecule has 0 radical (unpaired) electrons. The van der Waals surface area contributed by atoms with E-state index in [2.05, 4.69) is 30.7 Å². The number of hydrogen-bond donors (Lipinski definition) is 6. The maximum atomic E-state index is 11.6. The second-order valence-corrected chi connectivity index (χ2v) is 15.9. The van der Waals surface area contributed by atoms with E-state index >= 15 is 0 Å². The molecule has 0 aromatic carbocycles. The van der Waals surface area contributed by atoms with Crippen molar-refractivity contribution in [2.75, 3.05) is 74.5 Å². The first-order valence-corrected chi connectivity index (χ1v) is 19.4. The monoisotopic (exact) mass is 634 g/mol. The quantitative estimate of drug-likeness (QED) is 0.129. The van der Waals surface area contributed by atoms with Crippen molar-refractivity contribution < 1.29 is 14.4 Å². The summed E-state index contributed by atoms with van der Waals surface area (Å²) in [6, 6.07) is 2.63. The Morgan fingerprint density at radius 3 is 2.34 bits per heavy atom. The van der Waals surface area contributed by atoms with Crippen molar-refractivity contribution >= 4 is 25.2 Å². The molecule has 3 aliphatic carbocycles. The summed E-state index contributed by atoms with van der Waals surface area (Å²) in [4.78, 5) is 33.1. The SMILES string of the molecule is Nc1cc(N2CCN(CCP(=O)(O)O)C3(CCCCC3)C2)nc(NC[C@H]2CC[C@H](CNCCCNC3CCCCC3)CC2)n1. The van der Waals surface area contributed by atoms with Gasteiger partial charge in [0, 0.05) is 50.4 Å². The molecule has 1 spiro atoms. The van der Waals surface area contributed by atoms with Crippen molar-refractivity contribution in [2.45, 2.75) is 108 Å². The van der Waals surface area contributed by atoms with E-state index in [1.807, 2.05) is 6.07 Å². The van der Waals surface area contributed by atoms with Gasteiger partial charge in [0.05, 0.1) is 6.16 Å². The van der Waals surface area contributed by atoms with Gasteiger partial charge in [-0.2, -0.15) is 9.97 Å². The maximum Gasteiger partial charge on any atom is 0.326 e. The third-order valence-electron chi connectivity index (χ3n) is 10.8. The van der Waals surface area contributed by atoms with Gasteiger partial charge >= 0.3 is 7.60 Å². The van der Waals surface area contributed by atoms with Gasteiger partial charge in [0.2, 0.25) is 5.95 Å². The highest BCUT2D eigenvalue weighted by Crippen LogP contribution is 2.40. The van der Waals surface area contributed by atoms with E-state index < -0.39 is 7.60 Å². The van der Waals surface area contributed by atoms with Crippen LogP contribution in [-0.4, -0.2) is 94.8 Å². The van der Waals surface area contributed by atoms with Crippen LogP contribution in [0.5, 0.6) is 0 Å². The van der Waals surface area contributed by atoms with E-state index in [1.165, 1.54) is 70.6 Å². The first kappa shape index (κ1) is 33.9. The molecule has 5 rings (SSSR count). The van der Waals surface area contributed by atoms with Crippen molar-refractivity contribution in [3.05, 3.63) is 6.07 Å². The van der Waals surface area contributed by atoms with Gasteiger partial charge in [0.15, 0.2) is 0 Å². The highest BCUT2D eigenvalue weighted by atomic mass is 31.2. The van der Waals surface area contributed by atoms with Crippen LogP contribution in [0.3, 0.4) is 0 Å². The zero-order valence-corrected chi connectivity index (χ0v) is 27.8. The van der Waals surface area contributed by atoms with Crippen LogP contribution in [0.4, 0.5) is 17.6 Å². The highest BCUT2D eigenvalue weighted by Gasteiger charge is 2.43. The van der Waals surface area contributed by atoms with Crippen LogP contribution < -0.4 is 26.6 Å². The molecule has 11 nitrogen and oxygen atoms in total. The molecule has 3 saturated carbocycles. The summed E-state index contributed by atoms with van der Waals surface area (Å²) in [6.45, 7) is 7.03. The Bertz CT molecular complexity index is 1050. The fraction of sp³-hybridized carbons (Fsp3) is 0.875. The minimum atomic E-state index is -4.03. The molecule has 0 atom stereocenters. The smallest absolute Gasteiger partial charge is 0.326 e. The Balaban J connectivity index is 1.04. The van der Waals surface area contributed by atoms with Crippen LogP contribution in [0.1, 0.15) is 96.3 Å². The average Bonchev–Trinajstić information content (AvgIpc) is 3.02. The third-order valence-corrected chi connectivity index (χ3v) is 11.6. The number of aromatic nitrogens is 2. The van der Waals surface area contributed by atoms with E-state index in [1.54, 1.807) is 0 Å². The normalized spacial score (nSPS) is 25.4. The Kier molecular flexibility index (Phi) is 12.6. The fourth-order valence-electron chi connectivity index (χ4n) is 8.19. The first-order chi connectivity index (χ1) is 21.3. The van der Waals surface area contributed by atoms with Crippen LogP contribution in [0.15, 0.2) is 6.07 Å². The van der Waals surface area contributed by atoms with E-state index in [4.69, 9.17) is 10.7 Å². The van der Waals surface area contributed by atoms with E-state index in [0.717, 1.165) is 89.3 Å². The Morgan fingerprint density at radius 1 is 0.909 bits per heavy atom. The van der Waals surface area contributed by atoms with E-state index in [0.29, 0.717) is 24.2 Å². The van der Waals surface area contributed by atoms with Gasteiger partial charge in [0.25, 0.3) is 0 Å². The van der Waals surface area contributed by atoms with Crippen LogP contribution in [-0.2, 0) is 4.57 Å². The summed E-state index contributed by atoms with van der Waals surface area (Å²) in [5, 5.41) is 11.0. The third kappa shape index (κ3) is 10.3. The molecular formula is C32H59N8O3P. The number of nitrogens with two attached hydrogens (primary N) is 1. The number of hydrogen-bond acceptors (Lipinski definition) is 9. The van der Waals surface area contributed by atoms with E-state index in [-0.39, 0.29) is 11.7 Å². The van der Waals surface area contributed by atoms with Crippen LogP contribution in [0.25, 0.3) is 0 Å². The summed E-state index contributed by atoms with van der Waals surface area (Å²) < 4.78 is 11.6.